The number of likely N-dealkylation sites (N-methyl/N-ethyl adjacent to an activating group) is 1. The number of hydrogen-bond donors (Lipinski definition) is 2. The molecule has 0 aliphatic rings. The number of nitrogens with zero attached hydrogens (tertiary/aromatic N) is 1. The van der Waals surface area contributed by atoms with Crippen LogP contribution < -0.4 is 11.1 Å². The summed E-state index contributed by atoms with van der Waals surface area (Å²) in [6, 6.07) is 10.3. The van der Waals surface area contributed by atoms with E-state index in [0.29, 0.717) is 17.8 Å². The van der Waals surface area contributed by atoms with E-state index in [9.17, 15) is 9.59 Å². The van der Waals surface area contributed by atoms with Crippen LogP contribution in [0, 0.1) is 0 Å². The van der Waals surface area contributed by atoms with Gasteiger partial charge in [0.2, 0.25) is 11.8 Å². The van der Waals surface area contributed by atoms with Gasteiger partial charge >= 0.3 is 0 Å². The van der Waals surface area contributed by atoms with Crippen LogP contribution in [0.15, 0.2) is 40.2 Å². The maximum Gasteiger partial charge on any atom is 0.248 e. The number of hydrogen-bond acceptors (Lipinski definition) is 4. The standard InChI is InChI=1S/C16H18BrN3O2S/c1-10(20(2)9-13-7-8-14(17)23-13)16(22)19-12-5-3-11(4-6-12)15(18)21/h3-8,10H,9H2,1-2H3,(H2,18,21)(H,19,22)/t10-/m1/s1. The molecule has 1 atom stereocenters. The van der Waals surface area contributed by atoms with Gasteiger partial charge in [0, 0.05) is 22.7 Å². The summed E-state index contributed by atoms with van der Waals surface area (Å²) in [5, 5.41) is 2.84. The molecule has 23 heavy (non-hydrogen) atoms. The van der Waals surface area contributed by atoms with Gasteiger partial charge in [-0.05, 0) is 66.3 Å². The largest absolute Gasteiger partial charge is 0.366 e. The molecule has 2 aromatic rings. The molecule has 0 saturated heterocycles. The molecule has 1 heterocycles. The molecule has 7 heteroatoms. The first-order chi connectivity index (χ1) is 10.9. The summed E-state index contributed by atoms with van der Waals surface area (Å²) >= 11 is 5.09. The van der Waals surface area contributed by atoms with Gasteiger partial charge in [-0.2, -0.15) is 0 Å². The molecule has 0 unspecified atom stereocenters. The predicted octanol–water partition coefficient (Wildman–Crippen LogP) is 3.07. The molecule has 0 spiro atoms. The minimum absolute atomic E-state index is 0.102. The van der Waals surface area contributed by atoms with Crippen molar-refractivity contribution in [1.29, 1.82) is 0 Å². The van der Waals surface area contributed by atoms with E-state index in [-0.39, 0.29) is 11.9 Å². The van der Waals surface area contributed by atoms with E-state index in [2.05, 4.69) is 21.2 Å². The molecular weight excluding hydrogens is 378 g/mol. The normalized spacial score (nSPS) is 12.2. The van der Waals surface area contributed by atoms with Gasteiger partial charge in [0.25, 0.3) is 0 Å². The van der Waals surface area contributed by atoms with Crippen LogP contribution in [0.3, 0.4) is 0 Å². The van der Waals surface area contributed by atoms with Crippen LogP contribution in [0.25, 0.3) is 0 Å². The van der Waals surface area contributed by atoms with Gasteiger partial charge < -0.3 is 11.1 Å². The number of thiophene rings is 1. The van der Waals surface area contributed by atoms with Crippen molar-refractivity contribution in [2.24, 2.45) is 5.73 Å². The molecule has 0 bridgehead atoms. The van der Waals surface area contributed by atoms with Crippen LogP contribution >= 0.6 is 27.3 Å². The Morgan fingerprint density at radius 1 is 1.26 bits per heavy atom. The first-order valence-electron chi connectivity index (χ1n) is 7.02. The highest BCUT2D eigenvalue weighted by molar-refractivity contribution is 9.11. The molecule has 3 N–H and O–H groups in total. The number of rotatable bonds is 6. The summed E-state index contributed by atoms with van der Waals surface area (Å²) in [4.78, 5) is 26.5. The van der Waals surface area contributed by atoms with E-state index < -0.39 is 5.91 Å². The second-order valence-electron chi connectivity index (χ2n) is 5.23. The van der Waals surface area contributed by atoms with E-state index in [1.807, 2.05) is 31.0 Å². The Bertz CT molecular complexity index is 700. The van der Waals surface area contributed by atoms with Crippen molar-refractivity contribution in [1.82, 2.24) is 4.90 Å². The number of nitrogens with one attached hydrogen (secondary N) is 1. The van der Waals surface area contributed by atoms with Gasteiger partial charge in [-0.3, -0.25) is 14.5 Å². The third-order valence-electron chi connectivity index (χ3n) is 3.51. The average molecular weight is 396 g/mol. The Kier molecular flexibility index (Phi) is 5.92. The Balaban J connectivity index is 1.94. The Hall–Kier alpha value is -1.70. The van der Waals surface area contributed by atoms with Gasteiger partial charge in [-0.25, -0.2) is 0 Å². The minimum atomic E-state index is -0.488. The molecule has 0 saturated carbocycles. The molecule has 122 valence electrons. The second-order valence-corrected chi connectivity index (χ2v) is 7.78. The van der Waals surface area contributed by atoms with E-state index in [1.54, 1.807) is 35.6 Å². The number of primary amides is 1. The Morgan fingerprint density at radius 3 is 2.43 bits per heavy atom. The van der Waals surface area contributed by atoms with Crippen LogP contribution in [-0.2, 0) is 11.3 Å². The zero-order valence-corrected chi connectivity index (χ0v) is 15.3. The summed E-state index contributed by atoms with van der Waals surface area (Å²) in [6.45, 7) is 2.56. The first kappa shape index (κ1) is 17.7. The minimum Gasteiger partial charge on any atom is -0.366 e. The molecule has 1 aromatic carbocycles. The first-order valence-corrected chi connectivity index (χ1v) is 8.63. The lowest BCUT2D eigenvalue weighted by molar-refractivity contribution is -0.120. The van der Waals surface area contributed by atoms with Crippen molar-refractivity contribution < 1.29 is 9.59 Å². The zero-order valence-electron chi connectivity index (χ0n) is 12.9. The fraction of sp³-hybridized carbons (Fsp3) is 0.250. The van der Waals surface area contributed by atoms with Crippen LogP contribution in [0.5, 0.6) is 0 Å². The second kappa shape index (κ2) is 7.72. The summed E-state index contributed by atoms with van der Waals surface area (Å²) < 4.78 is 1.08. The van der Waals surface area contributed by atoms with Crippen LogP contribution in [0.4, 0.5) is 5.69 Å². The van der Waals surface area contributed by atoms with Gasteiger partial charge in [0.1, 0.15) is 0 Å². The van der Waals surface area contributed by atoms with Gasteiger partial charge in [0.05, 0.1) is 9.83 Å². The van der Waals surface area contributed by atoms with Crippen molar-refractivity contribution >= 4 is 44.8 Å². The number of nitrogens with two attached hydrogens (primary N) is 1. The SMILES string of the molecule is C[C@H](C(=O)Nc1ccc(C(N)=O)cc1)N(C)Cc1ccc(Br)s1. The molecule has 0 fully saturated rings. The van der Waals surface area contributed by atoms with Crippen molar-refractivity contribution in [3.8, 4) is 0 Å². The van der Waals surface area contributed by atoms with Crippen molar-refractivity contribution in [2.45, 2.75) is 19.5 Å². The number of anilines is 1. The lowest BCUT2D eigenvalue weighted by atomic mass is 10.2. The van der Waals surface area contributed by atoms with Crippen LogP contribution in [-0.4, -0.2) is 29.8 Å². The molecule has 0 aliphatic carbocycles. The Labute approximate surface area is 147 Å². The summed E-state index contributed by atoms with van der Waals surface area (Å²) in [6.07, 6.45) is 0. The van der Waals surface area contributed by atoms with E-state index in [0.717, 1.165) is 3.79 Å². The van der Waals surface area contributed by atoms with Gasteiger partial charge in [-0.15, -0.1) is 11.3 Å². The third kappa shape index (κ3) is 4.89. The molecular formula is C16H18BrN3O2S. The quantitative estimate of drug-likeness (QED) is 0.788. The van der Waals surface area contributed by atoms with Crippen LogP contribution in [0.2, 0.25) is 0 Å². The van der Waals surface area contributed by atoms with E-state index in [1.165, 1.54) is 4.88 Å². The van der Waals surface area contributed by atoms with Crippen molar-refractivity contribution in [3.63, 3.8) is 0 Å². The maximum absolute atomic E-state index is 12.3. The summed E-state index contributed by atoms with van der Waals surface area (Å²) in [5.74, 6) is -0.590. The number of carbonyl (C=O) groups excluding carboxylic acids is 2. The fourth-order valence-corrected chi connectivity index (χ4v) is 3.53. The molecule has 2 amide bonds. The van der Waals surface area contributed by atoms with E-state index in [4.69, 9.17) is 5.73 Å². The van der Waals surface area contributed by atoms with E-state index >= 15 is 0 Å². The topological polar surface area (TPSA) is 75.4 Å². The molecule has 2 rings (SSSR count). The molecule has 1 aromatic heterocycles. The van der Waals surface area contributed by atoms with Crippen molar-refractivity contribution in [2.75, 3.05) is 12.4 Å². The predicted molar refractivity (Wildman–Crippen MR) is 96.5 cm³/mol. The lowest BCUT2D eigenvalue weighted by Crippen LogP contribution is -2.39. The smallest absolute Gasteiger partial charge is 0.248 e. The molecule has 0 radical (unpaired) electrons. The van der Waals surface area contributed by atoms with Gasteiger partial charge in [0.15, 0.2) is 0 Å². The average Bonchev–Trinajstić information content (AvgIpc) is 2.92. The van der Waals surface area contributed by atoms with Gasteiger partial charge in [-0.1, -0.05) is 0 Å². The maximum atomic E-state index is 12.3. The highest BCUT2D eigenvalue weighted by Crippen LogP contribution is 2.23. The highest BCUT2D eigenvalue weighted by atomic mass is 79.9. The zero-order chi connectivity index (χ0) is 17.0. The monoisotopic (exact) mass is 395 g/mol. The fourth-order valence-electron chi connectivity index (χ4n) is 1.98. The Morgan fingerprint density at radius 2 is 1.91 bits per heavy atom. The summed E-state index contributed by atoms with van der Waals surface area (Å²) in [7, 11) is 1.91. The molecule has 0 aliphatic heterocycles. The number of carbonyl (C=O) groups is 2. The highest BCUT2D eigenvalue weighted by Gasteiger charge is 2.19. The molecule has 5 nitrogen and oxygen atoms in total. The van der Waals surface area contributed by atoms with Crippen molar-refractivity contribution in [3.05, 3.63) is 50.6 Å². The lowest BCUT2D eigenvalue weighted by Gasteiger charge is -2.23. The van der Waals surface area contributed by atoms with Crippen LogP contribution in [0.1, 0.15) is 22.2 Å². The summed E-state index contributed by atoms with van der Waals surface area (Å²) in [5.41, 5.74) is 6.24. The number of benzene rings is 1. The number of amides is 2. The number of halogens is 1. The third-order valence-corrected chi connectivity index (χ3v) is 5.12.